The van der Waals surface area contributed by atoms with Gasteiger partial charge in [0, 0.05) is 12.0 Å². The third-order valence-corrected chi connectivity index (χ3v) is 1.79. The molecule has 0 aromatic heterocycles. The van der Waals surface area contributed by atoms with Gasteiger partial charge in [0.1, 0.15) is 6.61 Å². The van der Waals surface area contributed by atoms with Crippen LogP contribution in [0.2, 0.25) is 0 Å². The number of rotatable bonds is 7. The third kappa shape index (κ3) is 7.04. The molecule has 0 aliphatic rings. The van der Waals surface area contributed by atoms with E-state index in [4.69, 9.17) is 9.47 Å². The van der Waals surface area contributed by atoms with Crippen LogP contribution in [0.15, 0.2) is 0 Å². The van der Waals surface area contributed by atoms with Gasteiger partial charge in [-0.05, 0) is 6.42 Å². The van der Waals surface area contributed by atoms with Crippen LogP contribution in [-0.4, -0.2) is 32.2 Å². The summed E-state index contributed by atoms with van der Waals surface area (Å²) < 4.78 is 10.4. The summed E-state index contributed by atoms with van der Waals surface area (Å²) in [5.74, 6) is 0.132. The van der Waals surface area contributed by atoms with Crippen LogP contribution in [0.25, 0.3) is 0 Å². The van der Waals surface area contributed by atoms with Gasteiger partial charge >= 0.3 is 0 Å². The average molecular weight is 202 g/mol. The zero-order valence-corrected chi connectivity index (χ0v) is 9.76. The van der Waals surface area contributed by atoms with E-state index in [0.717, 1.165) is 13.0 Å². The molecule has 0 amide bonds. The standard InChI is InChI=1S/C11H22O3/c1-5-6-13-7-8-14-9-10(12)11(2,3)4/h5-9H2,1-4H3. The Morgan fingerprint density at radius 2 is 1.64 bits per heavy atom. The normalized spacial score (nSPS) is 11.7. The Morgan fingerprint density at radius 3 is 2.14 bits per heavy atom. The number of Topliss-reactive ketones (excluding diaryl/α,β-unsaturated/α-hetero) is 1. The molecule has 0 unspecified atom stereocenters. The molecular weight excluding hydrogens is 180 g/mol. The number of carbonyl (C=O) groups excluding carboxylic acids is 1. The first-order chi connectivity index (χ1) is 6.48. The molecule has 0 fully saturated rings. The minimum absolute atomic E-state index is 0.132. The summed E-state index contributed by atoms with van der Waals surface area (Å²) in [5.41, 5.74) is -0.301. The quantitative estimate of drug-likeness (QED) is 0.593. The van der Waals surface area contributed by atoms with Crippen LogP contribution < -0.4 is 0 Å². The van der Waals surface area contributed by atoms with Crippen molar-refractivity contribution in [3.05, 3.63) is 0 Å². The molecule has 0 heterocycles. The fourth-order valence-corrected chi connectivity index (χ4v) is 0.746. The van der Waals surface area contributed by atoms with Gasteiger partial charge in [0.05, 0.1) is 13.2 Å². The Morgan fingerprint density at radius 1 is 1.07 bits per heavy atom. The lowest BCUT2D eigenvalue weighted by molar-refractivity contribution is -0.131. The molecular formula is C11H22O3. The Balaban J connectivity index is 3.33. The van der Waals surface area contributed by atoms with Gasteiger partial charge in [0.25, 0.3) is 0 Å². The first kappa shape index (κ1) is 13.6. The number of ether oxygens (including phenoxy) is 2. The summed E-state index contributed by atoms with van der Waals surface area (Å²) >= 11 is 0. The van der Waals surface area contributed by atoms with Crippen LogP contribution in [0.1, 0.15) is 34.1 Å². The Bertz CT molecular complexity index is 158. The zero-order valence-electron chi connectivity index (χ0n) is 9.76. The smallest absolute Gasteiger partial charge is 0.163 e. The Hall–Kier alpha value is -0.410. The molecule has 0 aliphatic carbocycles. The van der Waals surface area contributed by atoms with Gasteiger partial charge in [0.15, 0.2) is 5.78 Å². The van der Waals surface area contributed by atoms with E-state index in [1.165, 1.54) is 0 Å². The van der Waals surface area contributed by atoms with Crippen molar-refractivity contribution >= 4 is 5.78 Å². The van der Waals surface area contributed by atoms with Gasteiger partial charge in [0.2, 0.25) is 0 Å². The molecule has 0 aromatic carbocycles. The van der Waals surface area contributed by atoms with Gasteiger partial charge in [-0.2, -0.15) is 0 Å². The molecule has 0 aliphatic heterocycles. The second kappa shape index (κ2) is 6.96. The highest BCUT2D eigenvalue weighted by Crippen LogP contribution is 2.14. The van der Waals surface area contributed by atoms with Crippen LogP contribution in [0.5, 0.6) is 0 Å². The molecule has 84 valence electrons. The van der Waals surface area contributed by atoms with Crippen LogP contribution in [0.3, 0.4) is 0 Å². The van der Waals surface area contributed by atoms with E-state index in [0.29, 0.717) is 13.2 Å². The maximum absolute atomic E-state index is 11.4. The molecule has 0 radical (unpaired) electrons. The molecule has 0 saturated carbocycles. The molecule has 3 nitrogen and oxygen atoms in total. The summed E-state index contributed by atoms with van der Waals surface area (Å²) in [6.07, 6.45) is 1.01. The van der Waals surface area contributed by atoms with Gasteiger partial charge in [-0.15, -0.1) is 0 Å². The summed E-state index contributed by atoms with van der Waals surface area (Å²) in [6, 6.07) is 0. The monoisotopic (exact) mass is 202 g/mol. The van der Waals surface area contributed by atoms with Crippen molar-refractivity contribution in [2.24, 2.45) is 5.41 Å². The number of ketones is 1. The Labute approximate surface area is 86.8 Å². The molecule has 0 rings (SSSR count). The van der Waals surface area contributed by atoms with E-state index in [-0.39, 0.29) is 17.8 Å². The van der Waals surface area contributed by atoms with Crippen molar-refractivity contribution in [2.75, 3.05) is 26.4 Å². The fraction of sp³-hybridized carbons (Fsp3) is 0.909. The van der Waals surface area contributed by atoms with Gasteiger partial charge in [-0.1, -0.05) is 27.7 Å². The van der Waals surface area contributed by atoms with E-state index < -0.39 is 0 Å². The van der Waals surface area contributed by atoms with Crippen molar-refractivity contribution in [1.82, 2.24) is 0 Å². The van der Waals surface area contributed by atoms with E-state index in [9.17, 15) is 4.79 Å². The molecule has 0 bridgehead atoms. The fourth-order valence-electron chi connectivity index (χ4n) is 0.746. The molecule has 0 saturated heterocycles. The molecule has 0 atom stereocenters. The topological polar surface area (TPSA) is 35.5 Å². The maximum Gasteiger partial charge on any atom is 0.163 e. The highest BCUT2D eigenvalue weighted by atomic mass is 16.5. The van der Waals surface area contributed by atoms with Crippen molar-refractivity contribution in [1.29, 1.82) is 0 Å². The number of hydrogen-bond acceptors (Lipinski definition) is 3. The molecule has 14 heavy (non-hydrogen) atoms. The van der Waals surface area contributed by atoms with Crippen LogP contribution in [0.4, 0.5) is 0 Å². The molecule has 0 spiro atoms. The predicted octanol–water partition coefficient (Wildman–Crippen LogP) is 2.04. The molecule has 3 heteroatoms. The van der Waals surface area contributed by atoms with E-state index in [2.05, 4.69) is 6.92 Å². The van der Waals surface area contributed by atoms with Gasteiger partial charge < -0.3 is 9.47 Å². The molecule has 0 aromatic rings. The van der Waals surface area contributed by atoms with Crippen molar-refractivity contribution < 1.29 is 14.3 Å². The zero-order chi connectivity index (χ0) is 11.0. The lowest BCUT2D eigenvalue weighted by Gasteiger charge is -2.16. The summed E-state index contributed by atoms with van der Waals surface area (Å²) in [6.45, 7) is 9.78. The SMILES string of the molecule is CCCOCCOCC(=O)C(C)(C)C. The second-order valence-electron chi connectivity index (χ2n) is 4.34. The minimum Gasteiger partial charge on any atom is -0.379 e. The van der Waals surface area contributed by atoms with E-state index in [1.807, 2.05) is 20.8 Å². The second-order valence-corrected chi connectivity index (χ2v) is 4.34. The highest BCUT2D eigenvalue weighted by molar-refractivity contribution is 5.84. The number of hydrogen-bond donors (Lipinski definition) is 0. The predicted molar refractivity (Wildman–Crippen MR) is 56.4 cm³/mol. The van der Waals surface area contributed by atoms with E-state index >= 15 is 0 Å². The maximum atomic E-state index is 11.4. The minimum atomic E-state index is -0.301. The van der Waals surface area contributed by atoms with Crippen LogP contribution in [-0.2, 0) is 14.3 Å². The van der Waals surface area contributed by atoms with Gasteiger partial charge in [-0.25, -0.2) is 0 Å². The van der Waals surface area contributed by atoms with Crippen molar-refractivity contribution in [2.45, 2.75) is 34.1 Å². The third-order valence-electron chi connectivity index (χ3n) is 1.79. The average Bonchev–Trinajstić information content (AvgIpc) is 2.09. The van der Waals surface area contributed by atoms with Crippen LogP contribution >= 0.6 is 0 Å². The Kier molecular flexibility index (Phi) is 6.75. The van der Waals surface area contributed by atoms with E-state index in [1.54, 1.807) is 0 Å². The van der Waals surface area contributed by atoms with Crippen molar-refractivity contribution in [3.8, 4) is 0 Å². The molecule has 0 N–H and O–H groups in total. The summed E-state index contributed by atoms with van der Waals surface area (Å²) in [5, 5.41) is 0. The lowest BCUT2D eigenvalue weighted by atomic mass is 9.91. The first-order valence-corrected chi connectivity index (χ1v) is 5.17. The lowest BCUT2D eigenvalue weighted by Crippen LogP contribution is -2.25. The first-order valence-electron chi connectivity index (χ1n) is 5.17. The van der Waals surface area contributed by atoms with Gasteiger partial charge in [-0.3, -0.25) is 4.79 Å². The number of carbonyl (C=O) groups is 1. The largest absolute Gasteiger partial charge is 0.379 e. The summed E-state index contributed by atoms with van der Waals surface area (Å²) in [7, 11) is 0. The highest BCUT2D eigenvalue weighted by Gasteiger charge is 2.20. The van der Waals surface area contributed by atoms with Crippen molar-refractivity contribution in [3.63, 3.8) is 0 Å². The van der Waals surface area contributed by atoms with Crippen LogP contribution in [0, 0.1) is 5.41 Å². The summed E-state index contributed by atoms with van der Waals surface area (Å²) in [4.78, 5) is 11.4.